The number of para-hydroxylation sites is 2. The molecule has 0 spiro atoms. The van der Waals surface area contributed by atoms with Gasteiger partial charge in [-0.15, -0.1) is 22.7 Å². The fraction of sp³-hybridized carbons (Fsp3) is 0. The second kappa shape index (κ2) is 12.8. The summed E-state index contributed by atoms with van der Waals surface area (Å²) in [6.45, 7) is 0. The van der Waals surface area contributed by atoms with E-state index >= 15 is 0 Å². The van der Waals surface area contributed by atoms with Gasteiger partial charge in [-0.05, 0) is 53.6 Å². The lowest BCUT2D eigenvalue weighted by atomic mass is 9.97. The van der Waals surface area contributed by atoms with Crippen LogP contribution in [-0.4, -0.2) is 19.5 Å². The first kappa shape index (κ1) is 32.3. The van der Waals surface area contributed by atoms with Gasteiger partial charge in [0.05, 0.1) is 16.7 Å². The van der Waals surface area contributed by atoms with Gasteiger partial charge in [-0.3, -0.25) is 0 Å². The molecule has 0 bridgehead atoms. The van der Waals surface area contributed by atoms with Gasteiger partial charge in [-0.25, -0.2) is 15.0 Å². The van der Waals surface area contributed by atoms with Crippen LogP contribution in [0.4, 0.5) is 0 Å². The van der Waals surface area contributed by atoms with Gasteiger partial charge in [-0.1, -0.05) is 140 Å². The molecule has 4 nitrogen and oxygen atoms in total. The Hall–Kier alpha value is -6.99. The van der Waals surface area contributed by atoms with E-state index in [4.69, 9.17) is 15.0 Å². The molecule has 8 aromatic carbocycles. The van der Waals surface area contributed by atoms with Gasteiger partial charge in [0.1, 0.15) is 0 Å². The summed E-state index contributed by atoms with van der Waals surface area (Å²) in [7, 11) is 0. The van der Waals surface area contributed by atoms with Crippen LogP contribution in [-0.2, 0) is 0 Å². The average Bonchev–Trinajstić information content (AvgIpc) is 3.96. The molecule has 0 unspecified atom stereocenters. The minimum absolute atomic E-state index is 0.663. The van der Waals surface area contributed by atoms with Gasteiger partial charge in [0.2, 0.25) is 0 Å². The van der Waals surface area contributed by atoms with E-state index < -0.39 is 0 Å². The van der Waals surface area contributed by atoms with Gasteiger partial charge < -0.3 is 4.57 Å². The first-order chi connectivity index (χ1) is 28.3. The monoisotopic (exact) mass is 762 g/mol. The first-order valence-electron chi connectivity index (χ1n) is 19.0. The molecule has 266 valence electrons. The van der Waals surface area contributed by atoms with Crippen LogP contribution in [0.15, 0.2) is 182 Å². The highest BCUT2D eigenvalue weighted by molar-refractivity contribution is 7.26. The average molecular weight is 763 g/mol. The van der Waals surface area contributed by atoms with Crippen LogP contribution < -0.4 is 0 Å². The Morgan fingerprint density at radius 1 is 0.351 bits per heavy atom. The van der Waals surface area contributed by atoms with E-state index in [-0.39, 0.29) is 0 Å². The standard InChI is InChI=1S/C51H30N4S2/c1-3-14-31(15-4-1)49-52-50(32-16-5-2-6-17-32)54-51(53-49)39-22-11-21-38-37-29-28-33(30-45(37)57-48(38)39)34-20-12-26-43-46(34)47-42(25-13-27-44(47)56-43)55-40-23-9-7-18-35(40)36-19-8-10-24-41(36)55/h1-30H. The molecule has 12 aromatic rings. The summed E-state index contributed by atoms with van der Waals surface area (Å²) in [5.41, 5.74) is 9.02. The maximum atomic E-state index is 5.09. The van der Waals surface area contributed by atoms with Crippen LogP contribution in [0.5, 0.6) is 0 Å². The van der Waals surface area contributed by atoms with Crippen LogP contribution >= 0.6 is 22.7 Å². The Balaban J connectivity index is 1.05. The van der Waals surface area contributed by atoms with Crippen molar-refractivity contribution in [1.29, 1.82) is 0 Å². The van der Waals surface area contributed by atoms with Gasteiger partial charge in [0.25, 0.3) is 0 Å². The third kappa shape index (κ3) is 5.08. The van der Waals surface area contributed by atoms with Gasteiger partial charge in [0.15, 0.2) is 17.5 Å². The maximum absolute atomic E-state index is 5.09. The summed E-state index contributed by atoms with van der Waals surface area (Å²) in [6.07, 6.45) is 0. The zero-order valence-electron chi connectivity index (χ0n) is 30.4. The molecule has 4 aromatic heterocycles. The summed E-state index contributed by atoms with van der Waals surface area (Å²) in [5, 5.41) is 7.55. The Morgan fingerprint density at radius 3 is 1.61 bits per heavy atom. The molecule has 0 aliphatic rings. The van der Waals surface area contributed by atoms with Crippen LogP contribution in [0.25, 0.3) is 113 Å². The molecule has 6 heteroatoms. The van der Waals surface area contributed by atoms with Crippen molar-refractivity contribution in [1.82, 2.24) is 19.5 Å². The largest absolute Gasteiger partial charge is 0.309 e. The second-order valence-electron chi connectivity index (χ2n) is 14.3. The van der Waals surface area contributed by atoms with Crippen LogP contribution in [0.1, 0.15) is 0 Å². The summed E-state index contributed by atoms with van der Waals surface area (Å²) in [6, 6.07) is 64.9. The lowest BCUT2D eigenvalue weighted by molar-refractivity contribution is 1.08. The first-order valence-corrected chi connectivity index (χ1v) is 20.7. The van der Waals surface area contributed by atoms with E-state index in [1.807, 2.05) is 59.1 Å². The molecule has 0 radical (unpaired) electrons. The quantitative estimate of drug-likeness (QED) is 0.175. The molecular formula is C51H30N4S2. The van der Waals surface area contributed by atoms with Crippen molar-refractivity contribution in [2.24, 2.45) is 0 Å². The maximum Gasteiger partial charge on any atom is 0.165 e. The van der Waals surface area contributed by atoms with Crippen LogP contribution in [0.3, 0.4) is 0 Å². The predicted octanol–water partition coefficient (Wildman–Crippen LogP) is 14.4. The van der Waals surface area contributed by atoms with Crippen molar-refractivity contribution < 1.29 is 0 Å². The third-order valence-electron chi connectivity index (χ3n) is 11.1. The summed E-state index contributed by atoms with van der Waals surface area (Å²) in [5.74, 6) is 2.00. The second-order valence-corrected chi connectivity index (χ2v) is 16.5. The molecule has 0 fully saturated rings. The highest BCUT2D eigenvalue weighted by atomic mass is 32.1. The number of thiophene rings is 2. The number of hydrogen-bond donors (Lipinski definition) is 0. The summed E-state index contributed by atoms with van der Waals surface area (Å²) < 4.78 is 7.43. The zero-order valence-corrected chi connectivity index (χ0v) is 32.1. The number of hydrogen-bond acceptors (Lipinski definition) is 5. The highest BCUT2D eigenvalue weighted by Crippen LogP contribution is 2.46. The molecule has 0 saturated heterocycles. The van der Waals surface area contributed by atoms with Crippen molar-refractivity contribution in [2.45, 2.75) is 0 Å². The molecular weight excluding hydrogens is 733 g/mol. The molecule has 4 heterocycles. The Labute approximate surface area is 335 Å². The van der Waals surface area contributed by atoms with Gasteiger partial charge in [0, 0.05) is 67.8 Å². The van der Waals surface area contributed by atoms with Crippen LogP contribution in [0.2, 0.25) is 0 Å². The van der Waals surface area contributed by atoms with E-state index in [2.05, 4.69) is 150 Å². The molecule has 0 N–H and O–H groups in total. The molecule has 0 amide bonds. The predicted molar refractivity (Wildman–Crippen MR) is 242 cm³/mol. The van der Waals surface area contributed by atoms with E-state index in [9.17, 15) is 0 Å². The smallest absolute Gasteiger partial charge is 0.165 e. The van der Waals surface area contributed by atoms with E-state index in [0.29, 0.717) is 17.5 Å². The molecule has 12 rings (SSSR count). The lowest BCUT2D eigenvalue weighted by Gasteiger charge is -2.12. The number of aromatic nitrogens is 4. The van der Waals surface area contributed by atoms with Gasteiger partial charge >= 0.3 is 0 Å². The number of fused-ring (bicyclic) bond motifs is 9. The molecule has 0 atom stereocenters. The number of nitrogens with zero attached hydrogens (tertiary/aromatic N) is 4. The molecule has 0 aliphatic carbocycles. The Morgan fingerprint density at radius 2 is 0.912 bits per heavy atom. The van der Waals surface area contributed by atoms with Gasteiger partial charge in [-0.2, -0.15) is 0 Å². The lowest BCUT2D eigenvalue weighted by Crippen LogP contribution is -2.00. The number of rotatable bonds is 5. The minimum Gasteiger partial charge on any atom is -0.309 e. The van der Waals surface area contributed by atoms with E-state index in [0.717, 1.165) is 16.7 Å². The van der Waals surface area contributed by atoms with Crippen molar-refractivity contribution >= 4 is 84.8 Å². The SMILES string of the molecule is c1ccc(-c2nc(-c3ccccc3)nc(-c3cccc4c3sc3cc(-c5cccc6sc7cccc(-n8c9ccccc9c9ccccc98)c7c56)ccc34)n2)cc1. The van der Waals surface area contributed by atoms with Crippen molar-refractivity contribution in [2.75, 3.05) is 0 Å². The molecule has 0 aliphatic heterocycles. The fourth-order valence-electron chi connectivity index (χ4n) is 8.53. The van der Waals surface area contributed by atoms with Crippen LogP contribution in [0, 0.1) is 0 Å². The van der Waals surface area contributed by atoms with E-state index in [1.54, 1.807) is 0 Å². The van der Waals surface area contributed by atoms with E-state index in [1.165, 1.54) is 79.0 Å². The third-order valence-corrected chi connectivity index (χ3v) is 13.4. The number of benzene rings is 8. The summed E-state index contributed by atoms with van der Waals surface area (Å²) in [4.78, 5) is 15.1. The molecule has 0 saturated carbocycles. The highest BCUT2D eigenvalue weighted by Gasteiger charge is 2.20. The zero-order chi connectivity index (χ0) is 37.5. The van der Waals surface area contributed by atoms with Crippen molar-refractivity contribution in [3.63, 3.8) is 0 Å². The normalized spacial score (nSPS) is 11.9. The van der Waals surface area contributed by atoms with Crippen molar-refractivity contribution in [3.05, 3.63) is 182 Å². The van der Waals surface area contributed by atoms with Crippen molar-refractivity contribution in [3.8, 4) is 51.0 Å². The Kier molecular flexibility index (Phi) is 7.24. The minimum atomic E-state index is 0.663. The topological polar surface area (TPSA) is 43.6 Å². The Bertz CT molecular complexity index is 3410. The molecule has 57 heavy (non-hydrogen) atoms. The fourth-order valence-corrected chi connectivity index (χ4v) is 10.9. The summed E-state index contributed by atoms with van der Waals surface area (Å²) >= 11 is 3.68.